The predicted molar refractivity (Wildman–Crippen MR) is 98.6 cm³/mol. The summed E-state index contributed by atoms with van der Waals surface area (Å²) >= 11 is 4.90. The summed E-state index contributed by atoms with van der Waals surface area (Å²) in [4.78, 5) is 24.7. The number of Topliss-reactive ketones (excluding diaryl/α,β-unsaturated/α-hetero) is 1. The molecule has 2 rings (SSSR count). The second kappa shape index (κ2) is 9.55. The van der Waals surface area contributed by atoms with Gasteiger partial charge in [-0.05, 0) is 32.7 Å². The number of nitrogens with zero attached hydrogens (tertiary/aromatic N) is 1. The van der Waals surface area contributed by atoms with Crippen LogP contribution in [-0.4, -0.2) is 43.7 Å². The van der Waals surface area contributed by atoms with E-state index in [-0.39, 0.29) is 11.7 Å². The largest absolute Gasteiger partial charge is 0.353 e. The highest BCUT2D eigenvalue weighted by molar-refractivity contribution is 14.2. The number of alkyl halides is 2. The molecule has 2 aliphatic heterocycles. The number of fused-ring (bicyclic) bond motifs is 1. The molecule has 0 saturated carbocycles. The highest BCUT2D eigenvalue weighted by Crippen LogP contribution is 2.22. The van der Waals surface area contributed by atoms with Gasteiger partial charge in [-0.25, -0.2) is 0 Å². The molecule has 2 saturated heterocycles. The molecule has 2 heterocycles. The van der Waals surface area contributed by atoms with Crippen LogP contribution in [0.5, 0.6) is 0 Å². The lowest BCUT2D eigenvalue weighted by atomic mass is 10.1. The molecule has 116 valence electrons. The minimum absolute atomic E-state index is 0.0379. The van der Waals surface area contributed by atoms with Gasteiger partial charge in [0.15, 0.2) is 5.78 Å². The fourth-order valence-electron chi connectivity index (χ4n) is 2.66. The lowest BCUT2D eigenvalue weighted by Gasteiger charge is -2.35. The molecule has 0 bridgehead atoms. The van der Waals surface area contributed by atoms with Crippen LogP contribution in [0, 0.1) is 0 Å². The maximum absolute atomic E-state index is 11.4. The number of ketones is 1. The summed E-state index contributed by atoms with van der Waals surface area (Å²) < 4.78 is 0.843. The minimum Gasteiger partial charge on any atom is -0.353 e. The molecular weight excluding hydrogens is 482 g/mol. The summed E-state index contributed by atoms with van der Waals surface area (Å²) in [5.41, 5.74) is 0. The van der Waals surface area contributed by atoms with Gasteiger partial charge in [-0.15, -0.1) is 0 Å². The first-order chi connectivity index (χ1) is 9.47. The van der Waals surface area contributed by atoms with Crippen LogP contribution < -0.4 is 5.32 Å². The van der Waals surface area contributed by atoms with E-state index in [0.717, 1.165) is 21.3 Å². The number of rotatable bonds is 4. The van der Waals surface area contributed by atoms with Gasteiger partial charge in [-0.1, -0.05) is 64.9 Å². The summed E-state index contributed by atoms with van der Waals surface area (Å²) in [6.07, 6.45) is 6.30. The number of nitrogens with one attached hydrogen (secondary N) is 1. The van der Waals surface area contributed by atoms with E-state index < -0.39 is 6.04 Å². The Morgan fingerprint density at radius 2 is 2.20 bits per heavy atom. The first-order valence-electron chi connectivity index (χ1n) is 7.29. The first-order valence-corrected chi connectivity index (χ1v) is 9.78. The van der Waals surface area contributed by atoms with E-state index in [4.69, 9.17) is 0 Å². The molecule has 1 N–H and O–H groups in total. The lowest BCUT2D eigenvalue weighted by Crippen LogP contribution is -2.60. The van der Waals surface area contributed by atoms with Crippen molar-refractivity contribution in [3.8, 4) is 0 Å². The zero-order valence-corrected chi connectivity index (χ0v) is 16.5. The lowest BCUT2D eigenvalue weighted by molar-refractivity contribution is -0.138. The molecule has 2 unspecified atom stereocenters. The first kappa shape index (κ1) is 18.6. The van der Waals surface area contributed by atoms with Gasteiger partial charge in [0.1, 0.15) is 6.04 Å². The maximum Gasteiger partial charge on any atom is 0.245 e. The third-order valence-electron chi connectivity index (χ3n) is 3.68. The zero-order valence-electron chi connectivity index (χ0n) is 12.2. The minimum atomic E-state index is -0.513. The second-order valence-electron chi connectivity index (χ2n) is 5.33. The third-order valence-corrected chi connectivity index (χ3v) is 4.92. The Kier molecular flexibility index (Phi) is 8.89. The van der Waals surface area contributed by atoms with E-state index >= 15 is 0 Å². The summed E-state index contributed by atoms with van der Waals surface area (Å²) in [5.74, 6) is -0.158. The number of halogens is 2. The second-order valence-corrected chi connectivity index (χ2v) is 10.7. The Balaban J connectivity index is 0.000000246. The molecule has 0 aliphatic carbocycles. The molecule has 1 amide bonds. The number of piperazine rings is 1. The number of amides is 1. The highest BCUT2D eigenvalue weighted by atomic mass is 127. The number of carbonyl (C=O) groups is 2. The Labute approximate surface area is 149 Å². The van der Waals surface area contributed by atoms with Gasteiger partial charge in [-0.3, -0.25) is 14.5 Å². The van der Waals surface area contributed by atoms with Crippen molar-refractivity contribution in [2.75, 3.05) is 13.1 Å². The highest BCUT2D eigenvalue weighted by Gasteiger charge is 2.41. The fourth-order valence-corrected chi connectivity index (χ4v) is 3.54. The molecule has 4 nitrogen and oxygen atoms in total. The van der Waals surface area contributed by atoms with Crippen molar-refractivity contribution in [3.05, 3.63) is 0 Å². The Hall–Kier alpha value is 0.560. The predicted octanol–water partition coefficient (Wildman–Crippen LogP) is 2.91. The van der Waals surface area contributed by atoms with Gasteiger partial charge in [0.25, 0.3) is 0 Å². The van der Waals surface area contributed by atoms with Gasteiger partial charge >= 0.3 is 0 Å². The van der Waals surface area contributed by atoms with E-state index in [1.165, 1.54) is 26.2 Å². The van der Waals surface area contributed by atoms with Crippen LogP contribution in [0.15, 0.2) is 0 Å². The Morgan fingerprint density at radius 3 is 2.70 bits per heavy atom. The summed E-state index contributed by atoms with van der Waals surface area (Å²) in [7, 11) is 0. The van der Waals surface area contributed by atoms with Crippen LogP contribution in [0.1, 0.15) is 46.0 Å². The van der Waals surface area contributed by atoms with Crippen LogP contribution in [0.3, 0.4) is 0 Å². The van der Waals surface area contributed by atoms with Crippen LogP contribution in [0.4, 0.5) is 0 Å². The van der Waals surface area contributed by atoms with Gasteiger partial charge in [0.05, 0.1) is 1.93 Å². The molecule has 2 aliphatic rings. The molecule has 2 fully saturated rings. The van der Waals surface area contributed by atoms with Crippen LogP contribution >= 0.6 is 45.2 Å². The van der Waals surface area contributed by atoms with E-state index in [1.807, 2.05) is 4.90 Å². The number of hydrogen-bond acceptors (Lipinski definition) is 3. The van der Waals surface area contributed by atoms with E-state index in [2.05, 4.69) is 57.4 Å². The van der Waals surface area contributed by atoms with Crippen molar-refractivity contribution in [1.29, 1.82) is 0 Å². The maximum atomic E-state index is 11.4. The number of unbranched alkanes of at least 4 members (excludes halogenated alkanes) is 1. The van der Waals surface area contributed by atoms with Crippen molar-refractivity contribution in [2.24, 2.45) is 0 Å². The number of carbonyl (C=O) groups excluding carboxylic acids is 2. The average molecular weight is 506 g/mol. The molecule has 0 radical (unpaired) electrons. The van der Waals surface area contributed by atoms with Crippen molar-refractivity contribution in [1.82, 2.24) is 10.2 Å². The molecule has 0 aromatic rings. The summed E-state index contributed by atoms with van der Waals surface area (Å²) in [6, 6.07) is -0.118. The van der Waals surface area contributed by atoms with Crippen LogP contribution in [0.25, 0.3) is 0 Å². The average Bonchev–Trinajstić information content (AvgIpc) is 2.84. The zero-order chi connectivity index (χ0) is 15.1. The molecular formula is C14H24I2N2O2. The summed E-state index contributed by atoms with van der Waals surface area (Å²) in [5, 5.41) is 2.78. The fraction of sp³-hybridized carbons (Fsp3) is 0.857. The van der Waals surface area contributed by atoms with Crippen molar-refractivity contribution in [3.63, 3.8) is 0 Å². The van der Waals surface area contributed by atoms with E-state index in [9.17, 15) is 9.59 Å². The Morgan fingerprint density at radius 1 is 1.50 bits per heavy atom. The number of hydrogen-bond donors (Lipinski definition) is 1. The molecule has 0 aromatic heterocycles. The van der Waals surface area contributed by atoms with Gasteiger partial charge in [0, 0.05) is 12.6 Å². The van der Waals surface area contributed by atoms with E-state index in [1.54, 1.807) is 0 Å². The molecule has 0 spiro atoms. The molecule has 6 heteroatoms. The molecule has 20 heavy (non-hydrogen) atoms. The quantitative estimate of drug-likeness (QED) is 0.363. The third kappa shape index (κ3) is 5.75. The topological polar surface area (TPSA) is 49.4 Å². The van der Waals surface area contributed by atoms with E-state index in [0.29, 0.717) is 12.6 Å². The van der Waals surface area contributed by atoms with Gasteiger partial charge in [0.2, 0.25) is 5.91 Å². The smallest absolute Gasteiger partial charge is 0.245 e. The standard InChI is InChI=1S/C9H14N2O2.C5H10I2/c1-6(12)8-9(13)10-5-7-3-2-4-11(7)8;1-2-3-4-5(6)7/h7-8H,2-5H2,1H3,(H,10,13);5H,2-4H2,1H3. The van der Waals surface area contributed by atoms with Gasteiger partial charge < -0.3 is 5.32 Å². The molecule has 2 atom stereocenters. The summed E-state index contributed by atoms with van der Waals surface area (Å²) in [6.45, 7) is 5.32. The molecule has 0 aromatic carbocycles. The van der Waals surface area contributed by atoms with Crippen molar-refractivity contribution < 1.29 is 9.59 Å². The van der Waals surface area contributed by atoms with Crippen molar-refractivity contribution in [2.45, 2.75) is 60.0 Å². The van der Waals surface area contributed by atoms with Gasteiger partial charge in [-0.2, -0.15) is 0 Å². The Bertz CT molecular complexity index is 337. The van der Waals surface area contributed by atoms with Crippen LogP contribution in [0.2, 0.25) is 0 Å². The monoisotopic (exact) mass is 506 g/mol. The van der Waals surface area contributed by atoms with Crippen LogP contribution in [-0.2, 0) is 9.59 Å². The van der Waals surface area contributed by atoms with Crippen molar-refractivity contribution >= 4 is 56.9 Å². The SMILES string of the molecule is CC(=O)C1C(=O)NCC2CCCN21.CCCCC(I)I. The normalized spacial score (nSPS) is 25.8.